The first-order valence-corrected chi connectivity index (χ1v) is 10.1. The molecule has 9 heteroatoms. The van der Waals surface area contributed by atoms with Gasteiger partial charge in [-0.25, -0.2) is 9.37 Å². The van der Waals surface area contributed by atoms with E-state index in [9.17, 15) is 22.4 Å². The normalized spacial score (nSPS) is 13.9. The molecule has 5 nitrogen and oxygen atoms in total. The fraction of sp³-hybridized carbons (Fsp3) is 0.261. The Kier molecular flexibility index (Phi) is 6.07. The Morgan fingerprint density at radius 1 is 1.03 bits per heavy atom. The SMILES string of the molecule is O=C(Nc1ccc(CC(F)(F)F)cc1)c1cnc(N2CCCC2)c(-c2cncc(F)c2)c1. The topological polar surface area (TPSA) is 58.1 Å². The highest BCUT2D eigenvalue weighted by molar-refractivity contribution is 6.05. The summed E-state index contributed by atoms with van der Waals surface area (Å²) >= 11 is 0. The van der Waals surface area contributed by atoms with Crippen molar-refractivity contribution in [2.45, 2.75) is 25.4 Å². The molecule has 0 bridgehead atoms. The van der Waals surface area contributed by atoms with Gasteiger partial charge >= 0.3 is 6.18 Å². The molecule has 2 aromatic heterocycles. The van der Waals surface area contributed by atoms with Crippen LogP contribution in [0.15, 0.2) is 55.0 Å². The fourth-order valence-corrected chi connectivity index (χ4v) is 3.67. The number of carbonyl (C=O) groups excluding carboxylic acids is 1. The second-order valence-corrected chi connectivity index (χ2v) is 7.62. The van der Waals surface area contributed by atoms with E-state index in [1.54, 1.807) is 6.07 Å². The van der Waals surface area contributed by atoms with Gasteiger partial charge in [0, 0.05) is 42.3 Å². The Hall–Kier alpha value is -3.49. The van der Waals surface area contributed by atoms with E-state index in [0.29, 0.717) is 22.6 Å². The summed E-state index contributed by atoms with van der Waals surface area (Å²) in [5.41, 5.74) is 1.80. The van der Waals surface area contributed by atoms with E-state index in [2.05, 4.69) is 20.2 Å². The lowest BCUT2D eigenvalue weighted by molar-refractivity contribution is -0.127. The lowest BCUT2D eigenvalue weighted by Gasteiger charge is -2.20. The Bertz CT molecular complexity index is 1110. The Balaban J connectivity index is 1.59. The van der Waals surface area contributed by atoms with Crippen LogP contribution in [0, 0.1) is 5.82 Å². The third kappa shape index (κ3) is 5.22. The monoisotopic (exact) mass is 444 g/mol. The van der Waals surface area contributed by atoms with Crippen molar-refractivity contribution in [3.05, 3.63) is 71.9 Å². The Morgan fingerprint density at radius 3 is 2.41 bits per heavy atom. The van der Waals surface area contributed by atoms with Gasteiger partial charge in [-0.2, -0.15) is 13.2 Å². The van der Waals surface area contributed by atoms with E-state index in [4.69, 9.17) is 0 Å². The molecule has 1 N–H and O–H groups in total. The van der Waals surface area contributed by atoms with Gasteiger partial charge in [-0.05, 0) is 42.7 Å². The van der Waals surface area contributed by atoms with E-state index in [1.165, 1.54) is 42.7 Å². The molecule has 3 aromatic rings. The van der Waals surface area contributed by atoms with Gasteiger partial charge in [0.25, 0.3) is 5.91 Å². The number of alkyl halides is 3. The summed E-state index contributed by atoms with van der Waals surface area (Å²) in [6.45, 7) is 1.64. The van der Waals surface area contributed by atoms with Crippen molar-refractivity contribution >= 4 is 17.4 Å². The maximum Gasteiger partial charge on any atom is 0.393 e. The summed E-state index contributed by atoms with van der Waals surface area (Å²) in [7, 11) is 0. The maximum atomic E-state index is 13.8. The molecule has 0 spiro atoms. The summed E-state index contributed by atoms with van der Waals surface area (Å²) < 4.78 is 51.3. The van der Waals surface area contributed by atoms with Crippen LogP contribution in [-0.2, 0) is 6.42 Å². The number of rotatable bonds is 5. The van der Waals surface area contributed by atoms with E-state index >= 15 is 0 Å². The van der Waals surface area contributed by atoms with E-state index in [0.717, 1.165) is 32.1 Å². The van der Waals surface area contributed by atoms with Gasteiger partial charge in [-0.1, -0.05) is 12.1 Å². The Labute approximate surface area is 182 Å². The number of nitrogens with zero attached hydrogens (tertiary/aromatic N) is 3. The second-order valence-electron chi connectivity index (χ2n) is 7.62. The second kappa shape index (κ2) is 8.94. The zero-order valence-electron chi connectivity index (χ0n) is 17.0. The average molecular weight is 444 g/mol. The summed E-state index contributed by atoms with van der Waals surface area (Å²) in [6, 6.07) is 8.45. The lowest BCUT2D eigenvalue weighted by Crippen LogP contribution is -2.21. The zero-order valence-corrected chi connectivity index (χ0v) is 17.0. The molecule has 1 fully saturated rings. The van der Waals surface area contributed by atoms with Crippen LogP contribution in [0.1, 0.15) is 28.8 Å². The third-order valence-corrected chi connectivity index (χ3v) is 5.17. The van der Waals surface area contributed by atoms with E-state index in [-0.39, 0.29) is 11.1 Å². The van der Waals surface area contributed by atoms with Crippen LogP contribution in [-0.4, -0.2) is 35.1 Å². The molecule has 4 rings (SSSR count). The number of nitrogens with one attached hydrogen (secondary N) is 1. The molecule has 3 heterocycles. The van der Waals surface area contributed by atoms with E-state index < -0.39 is 24.3 Å². The third-order valence-electron chi connectivity index (χ3n) is 5.17. The quantitative estimate of drug-likeness (QED) is 0.547. The molecule has 32 heavy (non-hydrogen) atoms. The molecular weight excluding hydrogens is 424 g/mol. The summed E-state index contributed by atoms with van der Waals surface area (Å²) in [6.07, 6.45) is 0.775. The van der Waals surface area contributed by atoms with Gasteiger partial charge in [0.2, 0.25) is 0 Å². The highest BCUT2D eigenvalue weighted by atomic mass is 19.4. The van der Waals surface area contributed by atoms with Gasteiger partial charge in [0.15, 0.2) is 0 Å². The molecule has 0 atom stereocenters. The lowest BCUT2D eigenvalue weighted by atomic mass is 10.1. The number of aromatic nitrogens is 2. The maximum absolute atomic E-state index is 13.8. The molecule has 1 aliphatic rings. The van der Waals surface area contributed by atoms with Crippen molar-refractivity contribution in [3.63, 3.8) is 0 Å². The molecule has 1 aliphatic heterocycles. The number of amides is 1. The van der Waals surface area contributed by atoms with Crippen LogP contribution in [0.25, 0.3) is 11.1 Å². The molecule has 166 valence electrons. The summed E-state index contributed by atoms with van der Waals surface area (Å²) in [5.74, 6) is -0.314. The first kappa shape index (κ1) is 21.7. The van der Waals surface area contributed by atoms with Crippen molar-refractivity contribution < 1.29 is 22.4 Å². The van der Waals surface area contributed by atoms with Gasteiger partial charge in [-0.15, -0.1) is 0 Å². The number of hydrogen-bond donors (Lipinski definition) is 1. The van der Waals surface area contributed by atoms with Crippen molar-refractivity contribution in [2.24, 2.45) is 0 Å². The summed E-state index contributed by atoms with van der Waals surface area (Å²) in [5, 5.41) is 2.66. The first-order valence-electron chi connectivity index (χ1n) is 10.1. The highest BCUT2D eigenvalue weighted by Crippen LogP contribution is 2.32. The van der Waals surface area contributed by atoms with Crippen LogP contribution < -0.4 is 10.2 Å². The first-order chi connectivity index (χ1) is 15.3. The predicted octanol–water partition coefficient (Wildman–Crippen LogP) is 5.24. The van der Waals surface area contributed by atoms with Crippen LogP contribution in [0.2, 0.25) is 0 Å². The van der Waals surface area contributed by atoms with Crippen LogP contribution in [0.3, 0.4) is 0 Å². The largest absolute Gasteiger partial charge is 0.393 e. The van der Waals surface area contributed by atoms with Crippen molar-refractivity contribution in [1.29, 1.82) is 0 Å². The molecule has 1 saturated heterocycles. The van der Waals surface area contributed by atoms with Crippen molar-refractivity contribution in [2.75, 3.05) is 23.3 Å². The number of hydrogen-bond acceptors (Lipinski definition) is 4. The minimum absolute atomic E-state index is 0.105. The molecule has 0 radical (unpaired) electrons. The van der Waals surface area contributed by atoms with Crippen LogP contribution in [0.5, 0.6) is 0 Å². The number of anilines is 2. The summed E-state index contributed by atoms with van der Waals surface area (Å²) in [4.78, 5) is 23.2. The van der Waals surface area contributed by atoms with Crippen molar-refractivity contribution in [3.8, 4) is 11.1 Å². The minimum Gasteiger partial charge on any atom is -0.356 e. The molecule has 1 amide bonds. The van der Waals surface area contributed by atoms with Gasteiger partial charge in [0.05, 0.1) is 18.2 Å². The van der Waals surface area contributed by atoms with Gasteiger partial charge in [0.1, 0.15) is 11.6 Å². The highest BCUT2D eigenvalue weighted by Gasteiger charge is 2.27. The average Bonchev–Trinajstić information content (AvgIpc) is 3.28. The van der Waals surface area contributed by atoms with Gasteiger partial charge < -0.3 is 10.2 Å². The standard InChI is InChI=1S/C23H20F4N4O/c24-18-9-16(12-28-14-18)20-10-17(13-29-21(20)31-7-1-2-8-31)22(32)30-19-5-3-15(4-6-19)11-23(25,26)27/h3-6,9-10,12-14H,1-2,7-8,11H2,(H,30,32). The van der Waals surface area contributed by atoms with E-state index in [1.807, 2.05) is 0 Å². The smallest absolute Gasteiger partial charge is 0.356 e. The number of pyridine rings is 2. The molecule has 0 aliphatic carbocycles. The van der Waals surface area contributed by atoms with Gasteiger partial charge in [-0.3, -0.25) is 9.78 Å². The Morgan fingerprint density at radius 2 is 1.75 bits per heavy atom. The van der Waals surface area contributed by atoms with Crippen LogP contribution >= 0.6 is 0 Å². The fourth-order valence-electron chi connectivity index (χ4n) is 3.67. The predicted molar refractivity (Wildman–Crippen MR) is 113 cm³/mol. The molecule has 0 saturated carbocycles. The number of benzene rings is 1. The van der Waals surface area contributed by atoms with Crippen LogP contribution in [0.4, 0.5) is 29.1 Å². The zero-order chi connectivity index (χ0) is 22.7. The minimum atomic E-state index is -4.30. The van der Waals surface area contributed by atoms with Crippen molar-refractivity contribution in [1.82, 2.24) is 9.97 Å². The molecule has 0 unspecified atom stereocenters. The molecule has 1 aromatic carbocycles. The molecular formula is C23H20F4N4O. The number of carbonyl (C=O) groups is 1. The number of halogens is 4.